The molecule has 0 bridgehead atoms. The van der Waals surface area contributed by atoms with E-state index in [-0.39, 0.29) is 11.8 Å². The Balaban J connectivity index is 1.31. The summed E-state index contributed by atoms with van der Waals surface area (Å²) < 4.78 is 15.3. The van der Waals surface area contributed by atoms with Crippen molar-refractivity contribution in [2.45, 2.75) is 12.8 Å². The van der Waals surface area contributed by atoms with Gasteiger partial charge in [-0.15, -0.1) is 0 Å². The molecule has 1 N–H and O–H groups in total. The first kappa shape index (κ1) is 21.4. The molecular weight excluding hydrogens is 412 g/mol. The van der Waals surface area contributed by atoms with Crippen molar-refractivity contribution < 1.29 is 23.6 Å². The number of esters is 1. The first-order valence-electron chi connectivity index (χ1n) is 10.3. The number of hydrogen-bond donors (Lipinski definition) is 1. The monoisotopic (exact) mass is 436 g/mol. The fourth-order valence-corrected chi connectivity index (χ4v) is 3.59. The van der Waals surface area contributed by atoms with Crippen LogP contribution in [0.1, 0.15) is 23.2 Å². The maximum atomic E-state index is 12.6. The number of anilines is 2. The van der Waals surface area contributed by atoms with Gasteiger partial charge in [-0.2, -0.15) is 4.98 Å². The molecule has 1 amide bonds. The van der Waals surface area contributed by atoms with E-state index < -0.39 is 5.97 Å². The number of nitrogens with one attached hydrogen (secondary N) is 1. The van der Waals surface area contributed by atoms with Gasteiger partial charge in [-0.05, 0) is 61.4 Å². The van der Waals surface area contributed by atoms with Crippen LogP contribution in [0.3, 0.4) is 0 Å². The van der Waals surface area contributed by atoms with Crippen molar-refractivity contribution in [3.63, 3.8) is 0 Å². The average molecular weight is 436 g/mol. The van der Waals surface area contributed by atoms with E-state index in [4.69, 9.17) is 9.26 Å². The van der Waals surface area contributed by atoms with Crippen molar-refractivity contribution in [1.29, 1.82) is 0 Å². The number of aromatic nitrogens is 2. The van der Waals surface area contributed by atoms with Crippen LogP contribution in [0.2, 0.25) is 0 Å². The van der Waals surface area contributed by atoms with Crippen LogP contribution in [0.25, 0.3) is 11.4 Å². The highest BCUT2D eigenvalue weighted by molar-refractivity contribution is 5.94. The second-order valence-corrected chi connectivity index (χ2v) is 7.45. The zero-order valence-corrected chi connectivity index (χ0v) is 17.9. The lowest BCUT2D eigenvalue weighted by Crippen LogP contribution is -2.38. The van der Waals surface area contributed by atoms with Crippen LogP contribution in [0.15, 0.2) is 53.1 Å². The third-order valence-corrected chi connectivity index (χ3v) is 5.47. The van der Waals surface area contributed by atoms with Gasteiger partial charge in [0.2, 0.25) is 11.7 Å². The van der Waals surface area contributed by atoms with Crippen LogP contribution in [0.5, 0.6) is 5.75 Å². The molecule has 1 aromatic heterocycles. The molecule has 0 unspecified atom stereocenters. The van der Waals surface area contributed by atoms with Crippen LogP contribution in [-0.2, 0) is 9.53 Å². The lowest BCUT2D eigenvalue weighted by Gasteiger charge is -2.29. The lowest BCUT2D eigenvalue weighted by molar-refractivity contribution is -0.120. The molecule has 0 saturated carbocycles. The van der Waals surface area contributed by atoms with Crippen molar-refractivity contribution in [2.75, 3.05) is 37.5 Å². The molecule has 1 fully saturated rings. The Labute approximate surface area is 185 Å². The predicted molar refractivity (Wildman–Crippen MR) is 118 cm³/mol. The van der Waals surface area contributed by atoms with Gasteiger partial charge in [0.1, 0.15) is 5.75 Å². The fraction of sp³-hybridized carbons (Fsp3) is 0.304. The molecule has 166 valence electrons. The van der Waals surface area contributed by atoms with Crippen molar-refractivity contribution in [3.8, 4) is 17.1 Å². The summed E-state index contributed by atoms with van der Waals surface area (Å²) >= 11 is 0. The molecule has 2 heterocycles. The number of ether oxygens (including phenoxy) is 2. The zero-order chi connectivity index (χ0) is 22.5. The van der Waals surface area contributed by atoms with Gasteiger partial charge in [0, 0.05) is 30.3 Å². The van der Waals surface area contributed by atoms with Crippen LogP contribution in [0.4, 0.5) is 11.7 Å². The molecule has 1 aliphatic heterocycles. The molecule has 0 aliphatic carbocycles. The van der Waals surface area contributed by atoms with E-state index in [1.165, 1.54) is 7.11 Å². The van der Waals surface area contributed by atoms with Gasteiger partial charge in [0.05, 0.1) is 19.8 Å². The Morgan fingerprint density at radius 3 is 2.34 bits per heavy atom. The highest BCUT2D eigenvalue weighted by Gasteiger charge is 2.27. The summed E-state index contributed by atoms with van der Waals surface area (Å²) in [6.45, 7) is 1.28. The Morgan fingerprint density at radius 2 is 1.72 bits per heavy atom. The van der Waals surface area contributed by atoms with Crippen LogP contribution >= 0.6 is 0 Å². The lowest BCUT2D eigenvalue weighted by atomic mass is 9.96. The molecule has 1 aliphatic rings. The number of nitrogens with zero attached hydrogens (tertiary/aromatic N) is 3. The van der Waals surface area contributed by atoms with Crippen LogP contribution in [-0.4, -0.2) is 49.3 Å². The summed E-state index contributed by atoms with van der Waals surface area (Å²) in [4.78, 5) is 30.6. The maximum Gasteiger partial charge on any atom is 0.337 e. The van der Waals surface area contributed by atoms with E-state index in [9.17, 15) is 9.59 Å². The number of amides is 1. The van der Waals surface area contributed by atoms with Gasteiger partial charge in [-0.3, -0.25) is 4.79 Å². The molecule has 0 atom stereocenters. The molecule has 9 nitrogen and oxygen atoms in total. The molecule has 1 saturated heterocycles. The minimum atomic E-state index is -0.411. The number of piperidine rings is 1. The highest BCUT2D eigenvalue weighted by atomic mass is 16.5. The van der Waals surface area contributed by atoms with E-state index in [0.29, 0.717) is 49.0 Å². The molecular formula is C23H24N4O5. The number of carbonyl (C=O) groups is 2. The molecule has 0 spiro atoms. The van der Waals surface area contributed by atoms with Crippen molar-refractivity contribution in [3.05, 3.63) is 54.1 Å². The second kappa shape index (κ2) is 9.51. The summed E-state index contributed by atoms with van der Waals surface area (Å²) in [5.41, 5.74) is 1.92. The average Bonchev–Trinajstić information content (AvgIpc) is 3.34. The standard InChI is InChI=1S/C23H24N4O5/c1-30-19-9-5-15(6-10-19)20-25-23(32-26-20)27-13-11-16(12-14-27)21(28)24-18-7-3-17(4-8-18)22(29)31-2/h3-10,16H,11-14H2,1-2H3,(H,24,28). The van der Waals surface area contributed by atoms with Gasteiger partial charge >= 0.3 is 12.0 Å². The van der Waals surface area contributed by atoms with Crippen molar-refractivity contribution in [1.82, 2.24) is 10.1 Å². The molecule has 9 heteroatoms. The van der Waals surface area contributed by atoms with E-state index in [2.05, 4.69) is 20.2 Å². The first-order chi connectivity index (χ1) is 15.6. The van der Waals surface area contributed by atoms with Crippen molar-refractivity contribution in [2.24, 2.45) is 5.92 Å². The van der Waals surface area contributed by atoms with E-state index in [1.54, 1.807) is 31.4 Å². The minimum Gasteiger partial charge on any atom is -0.497 e. The number of methoxy groups -OCH3 is 2. The van der Waals surface area contributed by atoms with Crippen molar-refractivity contribution >= 4 is 23.6 Å². The van der Waals surface area contributed by atoms with Gasteiger partial charge < -0.3 is 24.2 Å². The van der Waals surface area contributed by atoms with E-state index in [1.807, 2.05) is 29.2 Å². The number of carbonyl (C=O) groups excluding carboxylic acids is 2. The Hall–Kier alpha value is -3.88. The largest absolute Gasteiger partial charge is 0.497 e. The summed E-state index contributed by atoms with van der Waals surface area (Å²) in [5.74, 6) is 0.706. The van der Waals surface area contributed by atoms with Gasteiger partial charge in [0.25, 0.3) is 0 Å². The topological polar surface area (TPSA) is 107 Å². The predicted octanol–water partition coefficient (Wildman–Crippen LogP) is 3.39. The van der Waals surface area contributed by atoms with Crippen LogP contribution < -0.4 is 15.0 Å². The third kappa shape index (κ3) is 4.72. The Morgan fingerprint density at radius 1 is 1.03 bits per heavy atom. The fourth-order valence-electron chi connectivity index (χ4n) is 3.59. The summed E-state index contributed by atoms with van der Waals surface area (Å²) in [5, 5.41) is 6.99. The Kier molecular flexibility index (Phi) is 6.34. The van der Waals surface area contributed by atoms with Gasteiger partial charge in [-0.1, -0.05) is 5.16 Å². The summed E-state index contributed by atoms with van der Waals surface area (Å²) in [7, 11) is 2.95. The third-order valence-electron chi connectivity index (χ3n) is 5.47. The number of benzene rings is 2. The van der Waals surface area contributed by atoms with E-state index >= 15 is 0 Å². The summed E-state index contributed by atoms with van der Waals surface area (Å²) in [6.07, 6.45) is 1.35. The normalized spacial score (nSPS) is 14.1. The zero-order valence-electron chi connectivity index (χ0n) is 17.9. The molecule has 3 aromatic rings. The van der Waals surface area contributed by atoms with Gasteiger partial charge in [-0.25, -0.2) is 4.79 Å². The van der Waals surface area contributed by atoms with Gasteiger partial charge in [0.15, 0.2) is 0 Å². The molecule has 32 heavy (non-hydrogen) atoms. The molecule has 2 aromatic carbocycles. The smallest absolute Gasteiger partial charge is 0.337 e. The first-order valence-corrected chi connectivity index (χ1v) is 10.3. The number of rotatable bonds is 6. The maximum absolute atomic E-state index is 12.6. The number of hydrogen-bond acceptors (Lipinski definition) is 8. The SMILES string of the molecule is COC(=O)c1ccc(NC(=O)C2CCN(c3nc(-c4ccc(OC)cc4)no3)CC2)cc1. The second-order valence-electron chi connectivity index (χ2n) is 7.45. The minimum absolute atomic E-state index is 0.0417. The highest BCUT2D eigenvalue weighted by Crippen LogP contribution is 2.26. The van der Waals surface area contributed by atoms with Crippen LogP contribution in [0, 0.1) is 5.92 Å². The molecule has 4 rings (SSSR count). The summed E-state index contributed by atoms with van der Waals surface area (Å²) in [6, 6.07) is 14.5. The van der Waals surface area contributed by atoms with E-state index in [0.717, 1.165) is 11.3 Å². The Bertz CT molecular complexity index is 1070. The molecule has 0 radical (unpaired) electrons. The quantitative estimate of drug-likeness (QED) is 0.586.